The molecule has 0 atom stereocenters. The number of hydrogen-bond acceptors (Lipinski definition) is 7. The molecule has 35 heavy (non-hydrogen) atoms. The molecule has 0 saturated carbocycles. The lowest BCUT2D eigenvalue weighted by Gasteiger charge is -2.25. The molecule has 4 rings (SSSR count). The van der Waals surface area contributed by atoms with Crippen LogP contribution in [0.25, 0.3) is 5.57 Å². The van der Waals surface area contributed by atoms with Gasteiger partial charge < -0.3 is 28.5 Å². The second-order valence-corrected chi connectivity index (χ2v) is 9.26. The van der Waals surface area contributed by atoms with Crippen LogP contribution in [-0.4, -0.2) is 47.6 Å². The number of carboxylic acid groups (broad SMARTS) is 1. The van der Waals surface area contributed by atoms with E-state index in [1.807, 2.05) is 19.1 Å². The van der Waals surface area contributed by atoms with Crippen molar-refractivity contribution in [1.82, 2.24) is 4.98 Å². The minimum Gasteiger partial charge on any atom is -0.495 e. The van der Waals surface area contributed by atoms with E-state index < -0.39 is 11.6 Å². The van der Waals surface area contributed by atoms with Gasteiger partial charge in [-0.2, -0.15) is 0 Å². The van der Waals surface area contributed by atoms with Crippen molar-refractivity contribution in [2.75, 3.05) is 19.8 Å². The Labute approximate surface area is 205 Å². The number of allylic oxidation sites excluding steroid dienone is 4. The van der Waals surface area contributed by atoms with Gasteiger partial charge in [0.15, 0.2) is 5.60 Å². The molecule has 0 unspecified atom stereocenters. The fourth-order valence-corrected chi connectivity index (χ4v) is 3.91. The molecule has 8 heteroatoms. The molecule has 2 heterocycles. The van der Waals surface area contributed by atoms with Gasteiger partial charge in [0.1, 0.15) is 23.4 Å². The van der Waals surface area contributed by atoms with Gasteiger partial charge in [-0.3, -0.25) is 0 Å². The molecule has 1 aliphatic carbocycles. The third-order valence-corrected chi connectivity index (χ3v) is 6.08. The molecule has 1 aliphatic heterocycles. The van der Waals surface area contributed by atoms with Gasteiger partial charge in [-0.25, -0.2) is 9.78 Å². The number of hydrogen-bond donors (Lipinski definition) is 1. The Morgan fingerprint density at radius 1 is 1.11 bits per heavy atom. The zero-order chi connectivity index (χ0) is 24.8. The van der Waals surface area contributed by atoms with Gasteiger partial charge in [-0.15, -0.1) is 0 Å². The van der Waals surface area contributed by atoms with Crippen molar-refractivity contribution >= 4 is 11.5 Å². The van der Waals surface area contributed by atoms with Crippen molar-refractivity contribution in [3.63, 3.8) is 0 Å². The molecule has 1 aromatic heterocycles. The number of aromatic nitrogens is 1. The van der Waals surface area contributed by atoms with E-state index >= 15 is 0 Å². The van der Waals surface area contributed by atoms with Crippen LogP contribution in [0.15, 0.2) is 46.6 Å². The number of carboxylic acids is 1. The van der Waals surface area contributed by atoms with Crippen LogP contribution >= 0.6 is 0 Å². The Bertz CT molecular complexity index is 1080. The molecule has 2 aromatic rings. The third-order valence-electron chi connectivity index (χ3n) is 6.08. The van der Waals surface area contributed by atoms with Crippen LogP contribution in [0.1, 0.15) is 56.9 Å². The van der Waals surface area contributed by atoms with Crippen molar-refractivity contribution < 1.29 is 33.3 Å². The molecule has 1 N–H and O–H groups in total. The van der Waals surface area contributed by atoms with Crippen LogP contribution < -0.4 is 9.47 Å². The summed E-state index contributed by atoms with van der Waals surface area (Å²) in [6.45, 7) is 6.91. The molecular formula is C27H33NO7. The Morgan fingerprint density at radius 3 is 2.49 bits per heavy atom. The van der Waals surface area contributed by atoms with Crippen LogP contribution in [0.4, 0.5) is 0 Å². The van der Waals surface area contributed by atoms with Crippen molar-refractivity contribution in [3.8, 4) is 11.5 Å². The Morgan fingerprint density at radius 2 is 1.83 bits per heavy atom. The number of carbonyl (C=O) groups is 1. The summed E-state index contributed by atoms with van der Waals surface area (Å²) < 4.78 is 28.8. The topological polar surface area (TPSA) is 100 Å². The summed E-state index contributed by atoms with van der Waals surface area (Å²) in [4.78, 5) is 15.9. The fraction of sp³-hybridized carbons (Fsp3) is 0.481. The smallest absolute Gasteiger partial charge is 0.347 e. The van der Waals surface area contributed by atoms with Crippen LogP contribution in [-0.2, 0) is 20.7 Å². The predicted molar refractivity (Wildman–Crippen MR) is 129 cm³/mol. The maximum Gasteiger partial charge on any atom is 0.347 e. The molecule has 0 spiro atoms. The lowest BCUT2D eigenvalue weighted by molar-refractivity contribution is -0.152. The summed E-state index contributed by atoms with van der Waals surface area (Å²) in [7, 11) is 0. The zero-order valence-corrected chi connectivity index (χ0v) is 20.5. The standard InChI is InChI=1S/C27H33NO7/c1-18-24(14-17-32-20-8-10-23(11-9-20)35-27(2,3)26(29)30)28-25(33-18)19-4-6-21(7-5-19)34-22-12-15-31-16-13-22/h4,6,8-11,22H,5,7,12-17H2,1-3H3,(H,29,30). The molecule has 8 nitrogen and oxygen atoms in total. The number of ether oxygens (including phenoxy) is 4. The van der Waals surface area contributed by atoms with Crippen molar-refractivity contribution in [3.05, 3.63) is 59.5 Å². The van der Waals surface area contributed by atoms with Crippen molar-refractivity contribution in [2.45, 2.75) is 64.6 Å². The molecule has 2 aliphatic rings. The van der Waals surface area contributed by atoms with E-state index in [9.17, 15) is 9.90 Å². The second kappa shape index (κ2) is 11.0. The molecule has 0 radical (unpaired) electrons. The van der Waals surface area contributed by atoms with E-state index in [0.717, 1.165) is 61.7 Å². The van der Waals surface area contributed by atoms with Gasteiger partial charge >= 0.3 is 5.97 Å². The molecule has 0 amide bonds. The minimum absolute atomic E-state index is 0.251. The molecule has 1 saturated heterocycles. The average Bonchev–Trinajstić information content (AvgIpc) is 3.21. The van der Waals surface area contributed by atoms with Crippen LogP contribution in [0.3, 0.4) is 0 Å². The highest BCUT2D eigenvalue weighted by Crippen LogP contribution is 2.30. The first-order chi connectivity index (χ1) is 16.8. The van der Waals surface area contributed by atoms with E-state index in [4.69, 9.17) is 28.3 Å². The number of aliphatic carboxylic acids is 1. The van der Waals surface area contributed by atoms with Gasteiger partial charge in [0.25, 0.3) is 0 Å². The summed E-state index contributed by atoms with van der Waals surface area (Å²) in [6.07, 6.45) is 8.49. The summed E-state index contributed by atoms with van der Waals surface area (Å²) >= 11 is 0. The van der Waals surface area contributed by atoms with Gasteiger partial charge in [0.05, 0.1) is 31.3 Å². The lowest BCUT2D eigenvalue weighted by Crippen LogP contribution is -2.37. The molecule has 188 valence electrons. The first-order valence-corrected chi connectivity index (χ1v) is 12.1. The Hall–Kier alpha value is -3.26. The predicted octanol–water partition coefficient (Wildman–Crippen LogP) is 5.10. The first kappa shape index (κ1) is 24.9. The number of nitrogens with zero attached hydrogens (tertiary/aromatic N) is 1. The summed E-state index contributed by atoms with van der Waals surface area (Å²) in [5.74, 6) is 2.57. The van der Waals surface area contributed by atoms with E-state index in [1.54, 1.807) is 24.3 Å². The van der Waals surface area contributed by atoms with Gasteiger partial charge in [0, 0.05) is 31.3 Å². The maximum absolute atomic E-state index is 11.2. The highest BCUT2D eigenvalue weighted by atomic mass is 16.5. The Kier molecular flexibility index (Phi) is 7.80. The van der Waals surface area contributed by atoms with Crippen LogP contribution in [0, 0.1) is 6.92 Å². The summed E-state index contributed by atoms with van der Waals surface area (Å²) in [5, 5.41) is 9.18. The van der Waals surface area contributed by atoms with Gasteiger partial charge in [0.2, 0.25) is 5.89 Å². The number of rotatable bonds is 10. The van der Waals surface area contributed by atoms with Crippen LogP contribution in [0.5, 0.6) is 11.5 Å². The summed E-state index contributed by atoms with van der Waals surface area (Å²) in [5.41, 5.74) is 0.643. The van der Waals surface area contributed by atoms with Gasteiger partial charge in [-0.1, -0.05) is 6.08 Å². The molecular weight excluding hydrogens is 450 g/mol. The fourth-order valence-electron chi connectivity index (χ4n) is 3.91. The van der Waals surface area contributed by atoms with Crippen LogP contribution in [0.2, 0.25) is 0 Å². The van der Waals surface area contributed by atoms with Crippen molar-refractivity contribution in [1.29, 1.82) is 0 Å². The normalized spacial score (nSPS) is 16.9. The number of aryl methyl sites for hydroxylation is 1. The minimum atomic E-state index is -1.30. The maximum atomic E-state index is 11.2. The second-order valence-electron chi connectivity index (χ2n) is 9.26. The third kappa shape index (κ3) is 6.66. The molecule has 1 aromatic carbocycles. The van der Waals surface area contributed by atoms with Gasteiger partial charge in [-0.05, 0) is 57.5 Å². The quantitative estimate of drug-likeness (QED) is 0.498. The molecule has 0 bridgehead atoms. The number of benzene rings is 1. The average molecular weight is 484 g/mol. The molecule has 1 fully saturated rings. The number of oxazole rings is 1. The Balaban J connectivity index is 1.28. The highest BCUT2D eigenvalue weighted by Gasteiger charge is 2.29. The van der Waals surface area contributed by atoms with E-state index in [-0.39, 0.29) is 6.10 Å². The van der Waals surface area contributed by atoms with E-state index in [2.05, 4.69) is 0 Å². The largest absolute Gasteiger partial charge is 0.495 e. The SMILES string of the molecule is Cc1oc(C2=CC=C(OC3CCOCC3)CC2)nc1CCOc1ccc(OC(C)(C)C(=O)O)cc1. The monoisotopic (exact) mass is 483 g/mol. The highest BCUT2D eigenvalue weighted by molar-refractivity contribution is 5.76. The summed E-state index contributed by atoms with van der Waals surface area (Å²) in [6, 6.07) is 6.91. The lowest BCUT2D eigenvalue weighted by atomic mass is 10.0. The van der Waals surface area contributed by atoms with E-state index in [0.29, 0.717) is 30.4 Å². The first-order valence-electron chi connectivity index (χ1n) is 12.1. The zero-order valence-electron chi connectivity index (χ0n) is 20.5. The van der Waals surface area contributed by atoms with Crippen molar-refractivity contribution in [2.24, 2.45) is 0 Å². The van der Waals surface area contributed by atoms with E-state index in [1.165, 1.54) is 13.8 Å².